The zero-order valence-corrected chi connectivity index (χ0v) is 16.4. The SMILES string of the molecule is CCN(CC(=O)Nc1ccc(NC(C)=O)cc1)CC(=O)N(C)Cc1ccco1. The van der Waals surface area contributed by atoms with Crippen molar-refractivity contribution in [1.29, 1.82) is 0 Å². The van der Waals surface area contributed by atoms with Gasteiger partial charge in [-0.3, -0.25) is 19.3 Å². The van der Waals surface area contributed by atoms with Gasteiger partial charge in [0, 0.05) is 25.3 Å². The fourth-order valence-electron chi connectivity index (χ4n) is 2.56. The molecule has 0 bridgehead atoms. The van der Waals surface area contributed by atoms with Crippen molar-refractivity contribution in [2.75, 3.05) is 37.3 Å². The predicted octanol–water partition coefficient (Wildman–Crippen LogP) is 2.16. The minimum atomic E-state index is -0.212. The Morgan fingerprint density at radius 2 is 1.64 bits per heavy atom. The molecule has 28 heavy (non-hydrogen) atoms. The number of likely N-dealkylation sites (N-methyl/N-ethyl adjacent to an activating group) is 2. The van der Waals surface area contributed by atoms with Crippen molar-refractivity contribution in [3.63, 3.8) is 0 Å². The number of carbonyl (C=O) groups is 3. The van der Waals surface area contributed by atoms with Crippen LogP contribution in [0.3, 0.4) is 0 Å². The van der Waals surface area contributed by atoms with E-state index in [2.05, 4.69) is 10.6 Å². The number of nitrogens with zero attached hydrogens (tertiary/aromatic N) is 2. The molecule has 2 N–H and O–H groups in total. The molecule has 0 unspecified atom stereocenters. The van der Waals surface area contributed by atoms with E-state index in [4.69, 9.17) is 4.42 Å². The van der Waals surface area contributed by atoms with Crippen LogP contribution in [-0.4, -0.2) is 54.2 Å². The van der Waals surface area contributed by atoms with Gasteiger partial charge in [-0.1, -0.05) is 6.92 Å². The van der Waals surface area contributed by atoms with Gasteiger partial charge in [-0.25, -0.2) is 0 Å². The van der Waals surface area contributed by atoms with Crippen molar-refractivity contribution < 1.29 is 18.8 Å². The van der Waals surface area contributed by atoms with Crippen molar-refractivity contribution in [3.8, 4) is 0 Å². The monoisotopic (exact) mass is 386 g/mol. The normalized spacial score (nSPS) is 10.6. The summed E-state index contributed by atoms with van der Waals surface area (Å²) in [6, 6.07) is 10.4. The minimum Gasteiger partial charge on any atom is -0.467 e. The van der Waals surface area contributed by atoms with Crippen LogP contribution < -0.4 is 10.6 Å². The Labute approximate surface area is 164 Å². The summed E-state index contributed by atoms with van der Waals surface area (Å²) < 4.78 is 5.25. The van der Waals surface area contributed by atoms with Gasteiger partial charge in [-0.05, 0) is 42.9 Å². The summed E-state index contributed by atoms with van der Waals surface area (Å²) in [4.78, 5) is 39.0. The Morgan fingerprint density at radius 3 is 2.18 bits per heavy atom. The standard InChI is InChI=1S/C20H26N4O4/c1-4-24(14-20(27)23(3)12-18-6-5-11-28-18)13-19(26)22-17-9-7-16(8-10-17)21-15(2)25/h5-11H,4,12-14H2,1-3H3,(H,21,25)(H,22,26). The lowest BCUT2D eigenvalue weighted by Gasteiger charge is -2.23. The van der Waals surface area contributed by atoms with E-state index in [1.165, 1.54) is 6.92 Å². The van der Waals surface area contributed by atoms with Crippen molar-refractivity contribution in [2.45, 2.75) is 20.4 Å². The van der Waals surface area contributed by atoms with Gasteiger partial charge in [0.1, 0.15) is 5.76 Å². The second kappa shape index (κ2) is 10.3. The second-order valence-corrected chi connectivity index (χ2v) is 6.44. The number of benzene rings is 1. The third-order valence-corrected chi connectivity index (χ3v) is 4.06. The molecule has 3 amide bonds. The van der Waals surface area contributed by atoms with Crippen LogP contribution >= 0.6 is 0 Å². The van der Waals surface area contributed by atoms with Crippen LogP contribution in [0.5, 0.6) is 0 Å². The molecule has 0 atom stereocenters. The highest BCUT2D eigenvalue weighted by atomic mass is 16.3. The van der Waals surface area contributed by atoms with E-state index in [-0.39, 0.29) is 30.8 Å². The molecule has 8 nitrogen and oxygen atoms in total. The Bertz CT molecular complexity index is 787. The van der Waals surface area contributed by atoms with Crippen LogP contribution in [0, 0.1) is 0 Å². The van der Waals surface area contributed by atoms with Crippen LogP contribution in [0.1, 0.15) is 19.6 Å². The summed E-state index contributed by atoms with van der Waals surface area (Å²) in [6.45, 7) is 4.52. The quantitative estimate of drug-likeness (QED) is 0.689. The first-order valence-corrected chi connectivity index (χ1v) is 9.03. The van der Waals surface area contributed by atoms with E-state index in [0.717, 1.165) is 0 Å². The first-order valence-electron chi connectivity index (χ1n) is 9.03. The maximum atomic E-state index is 12.4. The fourth-order valence-corrected chi connectivity index (χ4v) is 2.56. The van der Waals surface area contributed by atoms with Crippen LogP contribution in [0.4, 0.5) is 11.4 Å². The Kier molecular flexibility index (Phi) is 7.76. The number of furan rings is 1. The molecule has 0 fully saturated rings. The van der Waals surface area contributed by atoms with Gasteiger partial charge in [-0.2, -0.15) is 0 Å². The molecule has 0 saturated carbocycles. The molecule has 0 aliphatic rings. The lowest BCUT2D eigenvalue weighted by molar-refractivity contribution is -0.132. The van der Waals surface area contributed by atoms with Crippen LogP contribution in [-0.2, 0) is 20.9 Å². The lowest BCUT2D eigenvalue weighted by Crippen LogP contribution is -2.41. The summed E-state index contributed by atoms with van der Waals surface area (Å²) in [6.07, 6.45) is 1.57. The number of carbonyl (C=O) groups excluding carboxylic acids is 3. The largest absolute Gasteiger partial charge is 0.467 e. The Hall–Kier alpha value is -3.13. The fraction of sp³-hybridized carbons (Fsp3) is 0.350. The van der Waals surface area contributed by atoms with E-state index in [0.29, 0.717) is 30.2 Å². The highest BCUT2D eigenvalue weighted by Gasteiger charge is 2.17. The molecule has 0 saturated heterocycles. The van der Waals surface area contributed by atoms with Gasteiger partial charge in [-0.15, -0.1) is 0 Å². The summed E-state index contributed by atoms with van der Waals surface area (Å²) in [5, 5.41) is 5.46. The third kappa shape index (κ3) is 6.88. The highest BCUT2D eigenvalue weighted by molar-refractivity contribution is 5.93. The molecule has 0 spiro atoms. The van der Waals surface area contributed by atoms with E-state index in [1.54, 1.807) is 53.4 Å². The lowest BCUT2D eigenvalue weighted by atomic mass is 10.2. The van der Waals surface area contributed by atoms with Gasteiger partial charge in [0.05, 0.1) is 25.9 Å². The van der Waals surface area contributed by atoms with Crippen molar-refractivity contribution in [3.05, 3.63) is 48.4 Å². The molecule has 0 aliphatic carbocycles. The van der Waals surface area contributed by atoms with Crippen LogP contribution in [0.2, 0.25) is 0 Å². The summed E-state index contributed by atoms with van der Waals surface area (Å²) in [7, 11) is 1.70. The molecule has 0 aliphatic heterocycles. The third-order valence-electron chi connectivity index (χ3n) is 4.06. The average Bonchev–Trinajstić information content (AvgIpc) is 3.15. The zero-order chi connectivity index (χ0) is 20.5. The number of amides is 3. The van der Waals surface area contributed by atoms with Gasteiger partial charge < -0.3 is 20.0 Å². The first kappa shape index (κ1) is 21.2. The van der Waals surface area contributed by atoms with Crippen molar-refractivity contribution in [2.24, 2.45) is 0 Å². The smallest absolute Gasteiger partial charge is 0.238 e. The number of nitrogens with one attached hydrogen (secondary N) is 2. The molecule has 0 radical (unpaired) electrons. The van der Waals surface area contributed by atoms with Crippen LogP contribution in [0.25, 0.3) is 0 Å². The van der Waals surface area contributed by atoms with Gasteiger partial charge in [0.25, 0.3) is 0 Å². The number of hydrogen-bond acceptors (Lipinski definition) is 5. The van der Waals surface area contributed by atoms with Gasteiger partial charge in [0.2, 0.25) is 17.7 Å². The number of rotatable bonds is 9. The molecule has 2 aromatic rings. The molecule has 2 rings (SSSR count). The molecule has 8 heteroatoms. The van der Waals surface area contributed by atoms with E-state index < -0.39 is 0 Å². The van der Waals surface area contributed by atoms with E-state index in [1.807, 2.05) is 13.0 Å². The topological polar surface area (TPSA) is 94.9 Å². The number of anilines is 2. The zero-order valence-electron chi connectivity index (χ0n) is 16.4. The Balaban J connectivity index is 1.83. The molecule has 1 heterocycles. The number of hydrogen-bond donors (Lipinski definition) is 2. The summed E-state index contributed by atoms with van der Waals surface area (Å²) >= 11 is 0. The second-order valence-electron chi connectivity index (χ2n) is 6.44. The van der Waals surface area contributed by atoms with Gasteiger partial charge in [0.15, 0.2) is 0 Å². The van der Waals surface area contributed by atoms with Gasteiger partial charge >= 0.3 is 0 Å². The first-order chi connectivity index (χ1) is 13.4. The average molecular weight is 386 g/mol. The molecular formula is C20H26N4O4. The van der Waals surface area contributed by atoms with E-state index in [9.17, 15) is 14.4 Å². The van der Waals surface area contributed by atoms with Crippen molar-refractivity contribution in [1.82, 2.24) is 9.80 Å². The van der Waals surface area contributed by atoms with E-state index >= 15 is 0 Å². The maximum Gasteiger partial charge on any atom is 0.238 e. The van der Waals surface area contributed by atoms with Crippen LogP contribution in [0.15, 0.2) is 47.1 Å². The molecular weight excluding hydrogens is 360 g/mol. The van der Waals surface area contributed by atoms with Crippen molar-refractivity contribution >= 4 is 29.1 Å². The molecule has 150 valence electrons. The maximum absolute atomic E-state index is 12.4. The minimum absolute atomic E-state index is 0.0919. The molecule has 1 aromatic carbocycles. The summed E-state index contributed by atoms with van der Waals surface area (Å²) in [5.41, 5.74) is 1.28. The molecule has 1 aromatic heterocycles. The highest BCUT2D eigenvalue weighted by Crippen LogP contribution is 2.13. The summed E-state index contributed by atoms with van der Waals surface area (Å²) in [5.74, 6) is 0.248. The Morgan fingerprint density at radius 1 is 1.00 bits per heavy atom. The predicted molar refractivity (Wildman–Crippen MR) is 107 cm³/mol.